The van der Waals surface area contributed by atoms with Crippen LogP contribution in [-0.2, 0) is 13.0 Å². The number of nitrogens with one attached hydrogen (secondary N) is 1. The predicted octanol–water partition coefficient (Wildman–Crippen LogP) is 4.70. The Morgan fingerprint density at radius 3 is 2.62 bits per heavy atom. The van der Waals surface area contributed by atoms with Crippen molar-refractivity contribution >= 4 is 11.0 Å². The molecule has 0 aliphatic rings. The van der Waals surface area contributed by atoms with Crippen molar-refractivity contribution in [3.05, 3.63) is 81.0 Å². The summed E-state index contributed by atoms with van der Waals surface area (Å²) in [7, 11) is 0. The van der Waals surface area contributed by atoms with Crippen molar-refractivity contribution in [2.45, 2.75) is 39.7 Å². The zero-order valence-electron chi connectivity index (χ0n) is 15.4. The van der Waals surface area contributed by atoms with E-state index in [-0.39, 0.29) is 11.4 Å². The third-order valence-electron chi connectivity index (χ3n) is 4.68. The summed E-state index contributed by atoms with van der Waals surface area (Å²) in [4.78, 5) is 11.9. The van der Waals surface area contributed by atoms with E-state index in [9.17, 15) is 9.18 Å². The zero-order chi connectivity index (χ0) is 18.7. The molecule has 1 heterocycles. The molecule has 0 aliphatic carbocycles. The normalized spacial score (nSPS) is 11.4. The van der Waals surface area contributed by atoms with Gasteiger partial charge in [-0.2, -0.15) is 0 Å². The molecule has 3 nitrogen and oxygen atoms in total. The highest BCUT2D eigenvalue weighted by Gasteiger charge is 2.11. The lowest BCUT2D eigenvalue weighted by Gasteiger charge is -2.13. The van der Waals surface area contributed by atoms with Crippen molar-refractivity contribution in [1.82, 2.24) is 5.32 Å². The Kier molecular flexibility index (Phi) is 5.52. The first-order valence-electron chi connectivity index (χ1n) is 8.97. The minimum absolute atomic E-state index is 0.183. The second kappa shape index (κ2) is 7.83. The van der Waals surface area contributed by atoms with Gasteiger partial charge < -0.3 is 9.73 Å². The molecule has 0 fully saturated rings. The van der Waals surface area contributed by atoms with E-state index in [4.69, 9.17) is 4.42 Å². The molecule has 0 atom stereocenters. The van der Waals surface area contributed by atoms with Gasteiger partial charge in [-0.05, 0) is 66.3 Å². The Bertz CT molecular complexity index is 976. The summed E-state index contributed by atoms with van der Waals surface area (Å²) in [6, 6.07) is 12.4. The molecule has 0 bridgehead atoms. The van der Waals surface area contributed by atoms with Crippen LogP contribution in [0.3, 0.4) is 0 Å². The number of fused-ring (bicyclic) bond motifs is 1. The third-order valence-corrected chi connectivity index (χ3v) is 4.68. The summed E-state index contributed by atoms with van der Waals surface area (Å²) < 4.78 is 19.1. The molecule has 0 saturated heterocycles. The van der Waals surface area contributed by atoms with E-state index >= 15 is 0 Å². The minimum Gasteiger partial charge on any atom is -0.423 e. The quantitative estimate of drug-likeness (QED) is 0.516. The number of halogens is 1. The number of hydrogen-bond acceptors (Lipinski definition) is 3. The summed E-state index contributed by atoms with van der Waals surface area (Å²) in [5, 5.41) is 4.27. The molecule has 3 rings (SSSR count). The maximum Gasteiger partial charge on any atom is 0.336 e. The zero-order valence-corrected chi connectivity index (χ0v) is 15.4. The predicted molar refractivity (Wildman–Crippen MR) is 103 cm³/mol. The average molecular weight is 353 g/mol. The van der Waals surface area contributed by atoms with Crippen LogP contribution >= 0.6 is 0 Å². The van der Waals surface area contributed by atoms with Crippen molar-refractivity contribution in [1.29, 1.82) is 0 Å². The average Bonchev–Trinajstić information content (AvgIpc) is 2.59. The van der Waals surface area contributed by atoms with Gasteiger partial charge in [0.05, 0.1) is 0 Å². The standard InChI is InChI=1S/C22H24FNO2/c1-14(2)18-12-19-17(11-22(25)26-21(19)10-15(18)3)13-24-9-8-16-6-4-5-7-20(16)23/h4-7,10-12,14,24H,8-9,13H2,1-3H3. The van der Waals surface area contributed by atoms with E-state index in [1.807, 2.05) is 19.1 Å². The molecule has 0 unspecified atom stereocenters. The largest absolute Gasteiger partial charge is 0.423 e. The first-order chi connectivity index (χ1) is 12.5. The third kappa shape index (κ3) is 4.02. The Morgan fingerprint density at radius 2 is 1.88 bits per heavy atom. The van der Waals surface area contributed by atoms with Gasteiger partial charge in [-0.25, -0.2) is 9.18 Å². The van der Waals surface area contributed by atoms with Gasteiger partial charge in [-0.3, -0.25) is 0 Å². The van der Waals surface area contributed by atoms with Gasteiger partial charge in [0.25, 0.3) is 0 Å². The summed E-state index contributed by atoms with van der Waals surface area (Å²) in [5.41, 5.74) is 4.24. The molecule has 0 radical (unpaired) electrons. The van der Waals surface area contributed by atoms with Crippen LogP contribution in [0.15, 0.2) is 51.7 Å². The fourth-order valence-electron chi connectivity index (χ4n) is 3.31. The summed E-state index contributed by atoms with van der Waals surface area (Å²) >= 11 is 0. The summed E-state index contributed by atoms with van der Waals surface area (Å²) in [6.07, 6.45) is 0.600. The SMILES string of the molecule is Cc1cc2oc(=O)cc(CNCCc3ccccc3F)c2cc1C(C)C. The lowest BCUT2D eigenvalue weighted by atomic mass is 9.95. The fourth-order valence-corrected chi connectivity index (χ4v) is 3.31. The lowest BCUT2D eigenvalue weighted by Crippen LogP contribution is -2.18. The molecule has 2 aromatic carbocycles. The van der Waals surface area contributed by atoms with Crippen LogP contribution in [0.25, 0.3) is 11.0 Å². The van der Waals surface area contributed by atoms with Crippen molar-refractivity contribution in [3.8, 4) is 0 Å². The number of benzene rings is 2. The molecular weight excluding hydrogens is 329 g/mol. The number of rotatable bonds is 6. The first kappa shape index (κ1) is 18.3. The highest BCUT2D eigenvalue weighted by atomic mass is 19.1. The first-order valence-corrected chi connectivity index (χ1v) is 8.97. The van der Waals surface area contributed by atoms with Gasteiger partial charge in [0.15, 0.2) is 0 Å². The van der Waals surface area contributed by atoms with E-state index in [1.165, 1.54) is 17.7 Å². The second-order valence-electron chi connectivity index (χ2n) is 6.97. The fraction of sp³-hybridized carbons (Fsp3) is 0.318. The van der Waals surface area contributed by atoms with Crippen molar-refractivity contribution in [3.63, 3.8) is 0 Å². The van der Waals surface area contributed by atoms with Crippen molar-refractivity contribution in [2.75, 3.05) is 6.54 Å². The van der Waals surface area contributed by atoms with Crippen LogP contribution in [0.2, 0.25) is 0 Å². The van der Waals surface area contributed by atoms with E-state index in [1.54, 1.807) is 12.1 Å². The van der Waals surface area contributed by atoms with Crippen LogP contribution in [0, 0.1) is 12.7 Å². The van der Waals surface area contributed by atoms with Gasteiger partial charge in [0.1, 0.15) is 11.4 Å². The van der Waals surface area contributed by atoms with E-state index in [0.717, 1.165) is 16.5 Å². The molecule has 1 N–H and O–H groups in total. The van der Waals surface area contributed by atoms with Crippen LogP contribution in [0.1, 0.15) is 42.0 Å². The van der Waals surface area contributed by atoms with Crippen molar-refractivity contribution in [2.24, 2.45) is 0 Å². The summed E-state index contributed by atoms with van der Waals surface area (Å²) in [5.74, 6) is 0.213. The Morgan fingerprint density at radius 1 is 1.12 bits per heavy atom. The molecule has 136 valence electrons. The van der Waals surface area contributed by atoms with Gasteiger partial charge in [-0.1, -0.05) is 32.0 Å². The second-order valence-corrected chi connectivity index (χ2v) is 6.97. The van der Waals surface area contributed by atoms with Gasteiger partial charge >= 0.3 is 5.63 Å². The Labute approximate surface area is 152 Å². The van der Waals surface area contributed by atoms with Crippen LogP contribution in [0.5, 0.6) is 0 Å². The Balaban J connectivity index is 1.79. The molecule has 0 saturated carbocycles. The molecule has 0 amide bonds. The number of hydrogen-bond donors (Lipinski definition) is 1. The monoisotopic (exact) mass is 353 g/mol. The molecule has 0 aliphatic heterocycles. The van der Waals surface area contributed by atoms with Crippen molar-refractivity contribution < 1.29 is 8.81 Å². The van der Waals surface area contributed by atoms with Crippen LogP contribution in [-0.4, -0.2) is 6.54 Å². The maximum atomic E-state index is 13.7. The lowest BCUT2D eigenvalue weighted by molar-refractivity contribution is 0.555. The molecule has 1 aromatic heterocycles. The minimum atomic E-state index is -0.347. The smallest absolute Gasteiger partial charge is 0.336 e. The van der Waals surface area contributed by atoms with Gasteiger partial charge in [0, 0.05) is 18.0 Å². The highest BCUT2D eigenvalue weighted by Crippen LogP contribution is 2.26. The molecular formula is C22H24FNO2. The van der Waals surface area contributed by atoms with E-state index in [2.05, 4.69) is 25.2 Å². The Hall–Kier alpha value is -2.46. The maximum absolute atomic E-state index is 13.7. The van der Waals surface area contributed by atoms with E-state index < -0.39 is 0 Å². The summed E-state index contributed by atoms with van der Waals surface area (Å²) in [6.45, 7) is 7.51. The topological polar surface area (TPSA) is 42.2 Å². The van der Waals surface area contributed by atoms with Crippen LogP contribution < -0.4 is 10.9 Å². The van der Waals surface area contributed by atoms with Gasteiger partial charge in [-0.15, -0.1) is 0 Å². The van der Waals surface area contributed by atoms with E-state index in [0.29, 0.717) is 36.6 Å². The molecule has 4 heteroatoms. The molecule has 26 heavy (non-hydrogen) atoms. The van der Waals surface area contributed by atoms with Crippen LogP contribution in [0.4, 0.5) is 4.39 Å². The molecule has 3 aromatic rings. The number of aryl methyl sites for hydroxylation is 1. The highest BCUT2D eigenvalue weighted by molar-refractivity contribution is 5.82. The van der Waals surface area contributed by atoms with Gasteiger partial charge in [0.2, 0.25) is 0 Å². The molecule has 0 spiro atoms.